The van der Waals surface area contributed by atoms with Gasteiger partial charge in [-0.1, -0.05) is 11.6 Å². The van der Waals surface area contributed by atoms with E-state index in [1.165, 1.54) is 6.07 Å². The Morgan fingerprint density at radius 2 is 2.21 bits per heavy atom. The third-order valence-corrected chi connectivity index (χ3v) is 2.41. The zero-order valence-corrected chi connectivity index (χ0v) is 8.88. The van der Waals surface area contributed by atoms with Crippen molar-refractivity contribution in [3.63, 3.8) is 0 Å². The van der Waals surface area contributed by atoms with Gasteiger partial charge in [-0.2, -0.15) is 0 Å². The summed E-state index contributed by atoms with van der Waals surface area (Å²) < 4.78 is 0. The summed E-state index contributed by atoms with van der Waals surface area (Å²) in [7, 11) is 1.92. The fourth-order valence-corrected chi connectivity index (χ4v) is 1.35. The van der Waals surface area contributed by atoms with Gasteiger partial charge in [0.15, 0.2) is 0 Å². The van der Waals surface area contributed by atoms with Gasteiger partial charge in [0.1, 0.15) is 0 Å². The number of benzene rings is 1. The number of hydrogen-bond donors (Lipinski definition) is 1. The van der Waals surface area contributed by atoms with E-state index in [-0.39, 0.29) is 10.6 Å². The molecule has 0 spiro atoms. The monoisotopic (exact) mass is 213 g/mol. The minimum Gasteiger partial charge on any atom is -0.478 e. The highest BCUT2D eigenvalue weighted by Gasteiger charge is 2.09. The van der Waals surface area contributed by atoms with Gasteiger partial charge in [-0.3, -0.25) is 0 Å². The molecule has 0 amide bonds. The van der Waals surface area contributed by atoms with Crippen LogP contribution in [0.1, 0.15) is 17.3 Å². The van der Waals surface area contributed by atoms with Crippen molar-refractivity contribution in [3.8, 4) is 0 Å². The van der Waals surface area contributed by atoms with Crippen LogP contribution in [0.4, 0.5) is 5.69 Å². The number of hydrogen-bond acceptors (Lipinski definition) is 2. The van der Waals surface area contributed by atoms with Gasteiger partial charge in [-0.15, -0.1) is 0 Å². The van der Waals surface area contributed by atoms with Crippen molar-refractivity contribution in [2.75, 3.05) is 18.5 Å². The molecule has 0 atom stereocenters. The molecule has 0 saturated heterocycles. The standard InChI is InChI=1S/C10H12ClNO2/c1-3-12(2)7-4-5-8(10(13)14)9(11)6-7/h4-6H,3H2,1-2H3,(H,13,14). The Balaban J connectivity index is 3.06. The highest BCUT2D eigenvalue weighted by molar-refractivity contribution is 6.33. The number of rotatable bonds is 3. The molecule has 0 saturated carbocycles. The third kappa shape index (κ3) is 2.17. The van der Waals surface area contributed by atoms with E-state index in [0.29, 0.717) is 0 Å². The van der Waals surface area contributed by atoms with Gasteiger partial charge in [0, 0.05) is 19.3 Å². The molecular formula is C10H12ClNO2. The summed E-state index contributed by atoms with van der Waals surface area (Å²) in [4.78, 5) is 12.7. The molecule has 4 heteroatoms. The molecular weight excluding hydrogens is 202 g/mol. The highest BCUT2D eigenvalue weighted by Crippen LogP contribution is 2.22. The number of carboxylic acids is 1. The van der Waals surface area contributed by atoms with Crippen LogP contribution >= 0.6 is 11.6 Å². The Labute approximate surface area is 87.9 Å². The lowest BCUT2D eigenvalue weighted by atomic mass is 10.2. The van der Waals surface area contributed by atoms with Gasteiger partial charge in [0.2, 0.25) is 0 Å². The summed E-state index contributed by atoms with van der Waals surface area (Å²) in [6.07, 6.45) is 0. The molecule has 1 rings (SSSR count). The summed E-state index contributed by atoms with van der Waals surface area (Å²) in [6.45, 7) is 2.86. The summed E-state index contributed by atoms with van der Waals surface area (Å²) in [5.74, 6) is -0.999. The van der Waals surface area contributed by atoms with Crippen molar-refractivity contribution < 1.29 is 9.90 Å². The van der Waals surface area contributed by atoms with E-state index in [1.54, 1.807) is 12.1 Å². The van der Waals surface area contributed by atoms with Gasteiger partial charge in [-0.05, 0) is 25.1 Å². The number of nitrogens with zero attached hydrogens (tertiary/aromatic N) is 1. The zero-order chi connectivity index (χ0) is 10.7. The Bertz CT molecular complexity index is 352. The second kappa shape index (κ2) is 4.33. The fourth-order valence-electron chi connectivity index (χ4n) is 1.10. The van der Waals surface area contributed by atoms with E-state index in [4.69, 9.17) is 16.7 Å². The van der Waals surface area contributed by atoms with Gasteiger partial charge < -0.3 is 10.0 Å². The minimum atomic E-state index is -0.999. The number of halogens is 1. The molecule has 76 valence electrons. The Morgan fingerprint density at radius 3 is 2.64 bits per heavy atom. The van der Waals surface area contributed by atoms with Crippen LogP contribution in [-0.2, 0) is 0 Å². The molecule has 0 aliphatic carbocycles. The molecule has 0 heterocycles. The van der Waals surface area contributed by atoms with Crippen molar-refractivity contribution in [2.45, 2.75) is 6.92 Å². The first-order valence-corrected chi connectivity index (χ1v) is 4.68. The molecule has 1 N–H and O–H groups in total. The average Bonchev–Trinajstić information content (AvgIpc) is 2.15. The van der Waals surface area contributed by atoms with Crippen molar-refractivity contribution in [1.29, 1.82) is 0 Å². The molecule has 0 aromatic heterocycles. The number of aromatic carboxylic acids is 1. The van der Waals surface area contributed by atoms with Crippen molar-refractivity contribution >= 4 is 23.3 Å². The summed E-state index contributed by atoms with van der Waals surface area (Å²) in [5, 5.41) is 9.03. The quantitative estimate of drug-likeness (QED) is 0.839. The predicted molar refractivity (Wildman–Crippen MR) is 57.4 cm³/mol. The van der Waals surface area contributed by atoms with Crippen LogP contribution in [0.15, 0.2) is 18.2 Å². The third-order valence-electron chi connectivity index (χ3n) is 2.10. The van der Waals surface area contributed by atoms with Crippen LogP contribution in [0.3, 0.4) is 0 Å². The molecule has 14 heavy (non-hydrogen) atoms. The summed E-state index contributed by atoms with van der Waals surface area (Å²) in [6, 6.07) is 4.93. The lowest BCUT2D eigenvalue weighted by Gasteiger charge is -2.17. The lowest BCUT2D eigenvalue weighted by Crippen LogP contribution is -2.15. The average molecular weight is 214 g/mol. The van der Waals surface area contributed by atoms with E-state index >= 15 is 0 Å². The first-order chi connectivity index (χ1) is 6.56. The van der Waals surface area contributed by atoms with E-state index < -0.39 is 5.97 Å². The minimum absolute atomic E-state index is 0.139. The first-order valence-electron chi connectivity index (χ1n) is 4.30. The largest absolute Gasteiger partial charge is 0.478 e. The van der Waals surface area contributed by atoms with Gasteiger partial charge in [0.25, 0.3) is 0 Å². The topological polar surface area (TPSA) is 40.5 Å². The Morgan fingerprint density at radius 1 is 1.57 bits per heavy atom. The van der Waals surface area contributed by atoms with E-state index in [9.17, 15) is 4.79 Å². The van der Waals surface area contributed by atoms with Crippen molar-refractivity contribution in [2.24, 2.45) is 0 Å². The van der Waals surface area contributed by atoms with Crippen LogP contribution in [0.5, 0.6) is 0 Å². The summed E-state index contributed by atoms with van der Waals surface area (Å²) in [5.41, 5.74) is 1.06. The van der Waals surface area contributed by atoms with Crippen LogP contribution in [-0.4, -0.2) is 24.7 Å². The van der Waals surface area contributed by atoms with Crippen molar-refractivity contribution in [3.05, 3.63) is 28.8 Å². The van der Waals surface area contributed by atoms with Gasteiger partial charge in [0.05, 0.1) is 10.6 Å². The highest BCUT2D eigenvalue weighted by atomic mass is 35.5. The maximum Gasteiger partial charge on any atom is 0.337 e. The Kier molecular flexibility index (Phi) is 3.36. The lowest BCUT2D eigenvalue weighted by molar-refractivity contribution is 0.0697. The fraction of sp³-hybridized carbons (Fsp3) is 0.300. The van der Waals surface area contributed by atoms with Crippen LogP contribution < -0.4 is 4.90 Å². The molecule has 0 unspecified atom stereocenters. The maximum absolute atomic E-state index is 10.7. The SMILES string of the molecule is CCN(C)c1ccc(C(=O)O)c(Cl)c1. The number of anilines is 1. The normalized spacial score (nSPS) is 9.93. The molecule has 0 aliphatic rings. The second-order valence-electron chi connectivity index (χ2n) is 2.98. The van der Waals surface area contributed by atoms with Crippen LogP contribution in [0.2, 0.25) is 5.02 Å². The van der Waals surface area contributed by atoms with Crippen LogP contribution in [0.25, 0.3) is 0 Å². The molecule has 0 aliphatic heterocycles. The molecule has 0 bridgehead atoms. The number of carbonyl (C=O) groups is 1. The molecule has 3 nitrogen and oxygen atoms in total. The molecule has 0 fully saturated rings. The van der Waals surface area contributed by atoms with E-state index in [2.05, 4.69) is 0 Å². The molecule has 0 radical (unpaired) electrons. The second-order valence-corrected chi connectivity index (χ2v) is 3.39. The van der Waals surface area contributed by atoms with Gasteiger partial charge in [-0.25, -0.2) is 4.79 Å². The van der Waals surface area contributed by atoms with E-state index in [0.717, 1.165) is 12.2 Å². The predicted octanol–water partition coefficient (Wildman–Crippen LogP) is 2.49. The maximum atomic E-state index is 10.7. The Hall–Kier alpha value is -1.22. The van der Waals surface area contributed by atoms with Gasteiger partial charge >= 0.3 is 5.97 Å². The first kappa shape index (κ1) is 10.9. The van der Waals surface area contributed by atoms with E-state index in [1.807, 2.05) is 18.9 Å². The van der Waals surface area contributed by atoms with Crippen LogP contribution in [0, 0.1) is 0 Å². The molecule has 1 aromatic rings. The molecule has 1 aromatic carbocycles. The van der Waals surface area contributed by atoms with Crippen molar-refractivity contribution in [1.82, 2.24) is 0 Å². The summed E-state index contributed by atoms with van der Waals surface area (Å²) >= 11 is 5.82. The number of carboxylic acid groups (broad SMARTS) is 1. The smallest absolute Gasteiger partial charge is 0.337 e. The zero-order valence-electron chi connectivity index (χ0n) is 8.12.